The number of hydrogen-bond donors (Lipinski definition) is 3. The lowest BCUT2D eigenvalue weighted by Crippen LogP contribution is -2.48. The van der Waals surface area contributed by atoms with Crippen LogP contribution in [0.1, 0.15) is 50.4 Å². The van der Waals surface area contributed by atoms with Crippen LogP contribution in [0.5, 0.6) is 11.5 Å². The summed E-state index contributed by atoms with van der Waals surface area (Å²) >= 11 is 0. The number of amides is 3. The van der Waals surface area contributed by atoms with Crippen molar-refractivity contribution in [2.24, 2.45) is 5.92 Å². The Morgan fingerprint density at radius 2 is 1.71 bits per heavy atom. The van der Waals surface area contributed by atoms with E-state index >= 15 is 0 Å². The number of methoxy groups -OCH3 is 1. The average molecular weight is 697 g/mol. The Balaban J connectivity index is 1.61. The molecule has 0 unspecified atom stereocenters. The Morgan fingerprint density at radius 3 is 2.39 bits per heavy atom. The molecule has 266 valence electrons. The van der Waals surface area contributed by atoms with Crippen molar-refractivity contribution in [1.82, 2.24) is 9.21 Å². The van der Waals surface area contributed by atoms with Crippen LogP contribution in [-0.4, -0.2) is 93.4 Å². The Labute approximate surface area is 289 Å². The van der Waals surface area contributed by atoms with Crippen molar-refractivity contribution >= 4 is 33.3 Å². The van der Waals surface area contributed by atoms with Crippen LogP contribution in [0.2, 0.25) is 0 Å². The van der Waals surface area contributed by atoms with Crippen molar-refractivity contribution < 1.29 is 37.3 Å². The molecule has 0 saturated heterocycles. The van der Waals surface area contributed by atoms with Crippen molar-refractivity contribution in [3.8, 4) is 11.5 Å². The standard InChI is InChI=1S/C36H48N4O8S/c1-25-22-40(26(2)24-41)35(42)32-21-29(38-36(43)37-28-14-17-30(46-5)18-15-28)16-19-33(32)48-27(3)11-9-10-20-47-34(25)23-39(4)49(44,45)31-12-7-6-8-13-31/h6-8,12-19,21,25-27,34,41H,9-11,20,22-24H2,1-5H3,(H2,37,38,43)/t25-,26-,27+,34+/m1/s1. The zero-order chi connectivity index (χ0) is 35.6. The first-order chi connectivity index (χ1) is 23.4. The van der Waals surface area contributed by atoms with Crippen molar-refractivity contribution in [1.29, 1.82) is 0 Å². The molecular formula is C36H48N4O8S. The predicted octanol–water partition coefficient (Wildman–Crippen LogP) is 5.46. The number of carbonyl (C=O) groups is 2. The second-order valence-electron chi connectivity index (χ2n) is 12.4. The van der Waals surface area contributed by atoms with Gasteiger partial charge in [-0.15, -0.1) is 0 Å². The molecule has 0 aliphatic carbocycles. The van der Waals surface area contributed by atoms with Gasteiger partial charge in [-0.25, -0.2) is 13.2 Å². The molecule has 0 radical (unpaired) electrons. The molecule has 3 amide bonds. The van der Waals surface area contributed by atoms with Gasteiger partial charge in [-0.3, -0.25) is 4.79 Å². The summed E-state index contributed by atoms with van der Waals surface area (Å²) in [7, 11) is -0.697. The van der Waals surface area contributed by atoms with E-state index in [4.69, 9.17) is 14.2 Å². The third-order valence-electron chi connectivity index (χ3n) is 8.55. The van der Waals surface area contributed by atoms with Gasteiger partial charge >= 0.3 is 6.03 Å². The first-order valence-corrected chi connectivity index (χ1v) is 17.9. The number of ether oxygens (including phenoxy) is 3. The Morgan fingerprint density at radius 1 is 1.04 bits per heavy atom. The lowest BCUT2D eigenvalue weighted by atomic mass is 10.0. The molecule has 3 aromatic carbocycles. The predicted molar refractivity (Wildman–Crippen MR) is 189 cm³/mol. The van der Waals surface area contributed by atoms with E-state index in [1.807, 2.05) is 13.8 Å². The maximum Gasteiger partial charge on any atom is 0.323 e. The number of hydrogen-bond acceptors (Lipinski definition) is 8. The van der Waals surface area contributed by atoms with Crippen LogP contribution < -0.4 is 20.1 Å². The van der Waals surface area contributed by atoms with E-state index in [9.17, 15) is 23.1 Å². The molecule has 12 nitrogen and oxygen atoms in total. The van der Waals surface area contributed by atoms with Crippen LogP contribution in [-0.2, 0) is 14.8 Å². The van der Waals surface area contributed by atoms with Crippen molar-refractivity contribution in [2.75, 3.05) is 51.1 Å². The Kier molecular flexibility index (Phi) is 13.4. The van der Waals surface area contributed by atoms with Crippen LogP contribution in [0.25, 0.3) is 0 Å². The smallest absolute Gasteiger partial charge is 0.323 e. The number of sulfonamides is 1. The molecule has 13 heteroatoms. The monoisotopic (exact) mass is 696 g/mol. The summed E-state index contributed by atoms with van der Waals surface area (Å²) in [5, 5.41) is 15.8. The summed E-state index contributed by atoms with van der Waals surface area (Å²) in [5.41, 5.74) is 1.15. The van der Waals surface area contributed by atoms with Gasteiger partial charge in [-0.2, -0.15) is 4.31 Å². The van der Waals surface area contributed by atoms with E-state index in [0.29, 0.717) is 35.9 Å². The largest absolute Gasteiger partial charge is 0.497 e. The van der Waals surface area contributed by atoms with Crippen LogP contribution in [0, 0.1) is 5.92 Å². The molecule has 49 heavy (non-hydrogen) atoms. The second-order valence-corrected chi connectivity index (χ2v) is 14.5. The molecule has 0 bridgehead atoms. The zero-order valence-electron chi connectivity index (χ0n) is 28.8. The summed E-state index contributed by atoms with van der Waals surface area (Å²) in [4.78, 5) is 29.0. The summed E-state index contributed by atoms with van der Waals surface area (Å²) in [6.45, 7) is 5.91. The number of anilines is 2. The normalized spacial score (nSPS) is 20.0. The number of nitrogens with zero attached hydrogens (tertiary/aromatic N) is 2. The average Bonchev–Trinajstić information content (AvgIpc) is 3.10. The fourth-order valence-electron chi connectivity index (χ4n) is 5.55. The molecule has 0 spiro atoms. The fraction of sp³-hybridized carbons (Fsp3) is 0.444. The lowest BCUT2D eigenvalue weighted by Gasteiger charge is -2.35. The highest BCUT2D eigenvalue weighted by molar-refractivity contribution is 7.89. The molecule has 4 atom stereocenters. The van der Waals surface area contributed by atoms with E-state index in [1.54, 1.807) is 91.7 Å². The summed E-state index contributed by atoms with van der Waals surface area (Å²) in [6.07, 6.45) is 1.45. The molecule has 0 saturated carbocycles. The van der Waals surface area contributed by atoms with Crippen molar-refractivity contribution in [2.45, 2.75) is 63.2 Å². The van der Waals surface area contributed by atoms with Gasteiger partial charge in [-0.05, 0) is 87.7 Å². The van der Waals surface area contributed by atoms with Crippen molar-refractivity contribution in [3.05, 3.63) is 78.4 Å². The maximum absolute atomic E-state index is 14.4. The van der Waals surface area contributed by atoms with Gasteiger partial charge in [0.2, 0.25) is 10.0 Å². The third-order valence-corrected chi connectivity index (χ3v) is 10.4. The van der Waals surface area contributed by atoms with E-state index in [-0.39, 0.29) is 42.2 Å². The van der Waals surface area contributed by atoms with E-state index in [0.717, 1.165) is 12.8 Å². The minimum atomic E-state index is -3.78. The minimum Gasteiger partial charge on any atom is -0.497 e. The summed E-state index contributed by atoms with van der Waals surface area (Å²) in [5.74, 6) is 0.285. The first kappa shape index (κ1) is 37.6. The SMILES string of the molecule is COc1ccc(NC(=O)Nc2ccc3c(c2)C(=O)N([C@H](C)CO)C[C@@H](C)[C@H](CN(C)S(=O)(=O)c2ccccc2)OCCCC[C@H](C)O3)cc1. The van der Waals surface area contributed by atoms with Crippen LogP contribution >= 0.6 is 0 Å². The van der Waals surface area contributed by atoms with E-state index in [2.05, 4.69) is 10.6 Å². The molecule has 1 aliphatic heterocycles. The molecule has 0 aromatic heterocycles. The number of fused-ring (bicyclic) bond motifs is 1. The van der Waals surface area contributed by atoms with E-state index in [1.165, 1.54) is 11.4 Å². The Hall–Kier alpha value is -4.17. The van der Waals surface area contributed by atoms with Gasteiger partial charge in [0.15, 0.2) is 0 Å². The molecular weight excluding hydrogens is 648 g/mol. The van der Waals surface area contributed by atoms with Crippen molar-refractivity contribution in [3.63, 3.8) is 0 Å². The number of nitrogens with one attached hydrogen (secondary N) is 2. The van der Waals surface area contributed by atoms with Crippen LogP contribution in [0.3, 0.4) is 0 Å². The molecule has 1 aliphatic rings. The number of rotatable bonds is 9. The van der Waals surface area contributed by atoms with Gasteiger partial charge in [-0.1, -0.05) is 25.1 Å². The van der Waals surface area contributed by atoms with Gasteiger partial charge in [0.25, 0.3) is 5.91 Å². The highest BCUT2D eigenvalue weighted by atomic mass is 32.2. The topological polar surface area (TPSA) is 147 Å². The van der Waals surface area contributed by atoms with Crippen LogP contribution in [0.15, 0.2) is 77.7 Å². The second kappa shape index (κ2) is 17.5. The number of likely N-dealkylation sites (N-methyl/N-ethyl adjacent to an activating group) is 1. The highest BCUT2D eigenvalue weighted by Gasteiger charge is 2.32. The Bertz CT molecular complexity index is 1640. The zero-order valence-corrected chi connectivity index (χ0v) is 29.6. The highest BCUT2D eigenvalue weighted by Crippen LogP contribution is 2.29. The fourth-order valence-corrected chi connectivity index (χ4v) is 6.76. The molecule has 3 N–H and O–H groups in total. The van der Waals surface area contributed by atoms with Gasteiger partial charge in [0.05, 0.1) is 42.4 Å². The number of aliphatic hydroxyl groups excluding tert-OH is 1. The first-order valence-electron chi connectivity index (χ1n) is 16.5. The number of carbonyl (C=O) groups excluding carboxylic acids is 2. The molecule has 0 fully saturated rings. The number of aliphatic hydroxyl groups is 1. The maximum atomic E-state index is 14.4. The van der Waals surface area contributed by atoms with Gasteiger partial charge in [0.1, 0.15) is 11.5 Å². The quantitative estimate of drug-likeness (QED) is 0.268. The molecule has 3 aromatic rings. The molecule has 4 rings (SSSR count). The van der Waals surface area contributed by atoms with Crippen LogP contribution in [0.4, 0.5) is 16.2 Å². The third kappa shape index (κ3) is 10.2. The number of urea groups is 1. The molecule has 1 heterocycles. The lowest BCUT2D eigenvalue weighted by molar-refractivity contribution is -0.00833. The summed E-state index contributed by atoms with van der Waals surface area (Å²) < 4.78 is 45.8. The van der Waals surface area contributed by atoms with Gasteiger partial charge < -0.3 is 34.9 Å². The number of benzene rings is 3. The summed E-state index contributed by atoms with van der Waals surface area (Å²) in [6, 6.07) is 18.9. The van der Waals surface area contributed by atoms with E-state index < -0.39 is 34.1 Å². The minimum absolute atomic E-state index is 0.0708. The van der Waals surface area contributed by atoms with Gasteiger partial charge in [0, 0.05) is 44.0 Å².